The van der Waals surface area contributed by atoms with Crippen molar-refractivity contribution in [2.45, 2.75) is 20.0 Å². The molecule has 0 aromatic carbocycles. The topological polar surface area (TPSA) is 55.7 Å². The van der Waals surface area contributed by atoms with Gasteiger partial charge < -0.3 is 14.9 Å². The number of piperazine rings is 1. The van der Waals surface area contributed by atoms with Crippen LogP contribution in [0.4, 0.5) is 11.8 Å². The van der Waals surface area contributed by atoms with Crippen molar-refractivity contribution in [2.75, 3.05) is 56.6 Å². The van der Waals surface area contributed by atoms with Crippen molar-refractivity contribution in [3.63, 3.8) is 0 Å². The summed E-state index contributed by atoms with van der Waals surface area (Å²) in [4.78, 5) is 15.7. The maximum atomic E-state index is 9.44. The summed E-state index contributed by atoms with van der Waals surface area (Å²) in [6, 6.07) is 1.99. The first-order valence-corrected chi connectivity index (χ1v) is 7.14. The molecule has 0 spiro atoms. The van der Waals surface area contributed by atoms with E-state index in [2.05, 4.69) is 19.8 Å². The minimum Gasteiger partial charge on any atom is -0.392 e. The highest BCUT2D eigenvalue weighted by atomic mass is 16.3. The van der Waals surface area contributed by atoms with Crippen molar-refractivity contribution in [3.05, 3.63) is 11.8 Å². The molecule has 2 heterocycles. The van der Waals surface area contributed by atoms with Gasteiger partial charge in [0, 0.05) is 58.6 Å². The molecule has 1 aromatic heterocycles. The van der Waals surface area contributed by atoms with Crippen molar-refractivity contribution in [2.24, 2.45) is 0 Å². The predicted molar refractivity (Wildman–Crippen MR) is 81.4 cm³/mol. The lowest BCUT2D eigenvalue weighted by atomic mass is 10.3. The van der Waals surface area contributed by atoms with Gasteiger partial charge in [0.15, 0.2) is 0 Å². The minimum atomic E-state index is -0.267. The summed E-state index contributed by atoms with van der Waals surface area (Å²) >= 11 is 0. The Kier molecular flexibility index (Phi) is 4.77. The number of β-amino-alcohol motifs (C(OH)–C–C–N with tert-alkyl or cyclic N) is 1. The second-order valence-electron chi connectivity index (χ2n) is 5.70. The molecule has 1 N–H and O–H groups in total. The molecule has 0 aliphatic carbocycles. The molecule has 2 rings (SSSR count). The summed E-state index contributed by atoms with van der Waals surface area (Å²) in [7, 11) is 3.98. The second-order valence-corrected chi connectivity index (χ2v) is 5.70. The molecule has 1 aromatic rings. The van der Waals surface area contributed by atoms with Gasteiger partial charge in [-0.2, -0.15) is 4.98 Å². The lowest BCUT2D eigenvalue weighted by Gasteiger charge is -2.35. The van der Waals surface area contributed by atoms with Crippen LogP contribution in [-0.2, 0) is 0 Å². The lowest BCUT2D eigenvalue weighted by Crippen LogP contribution is -2.48. The summed E-state index contributed by atoms with van der Waals surface area (Å²) < 4.78 is 0. The van der Waals surface area contributed by atoms with E-state index in [1.165, 1.54) is 0 Å². The van der Waals surface area contributed by atoms with E-state index in [9.17, 15) is 5.11 Å². The van der Waals surface area contributed by atoms with Crippen LogP contribution in [-0.4, -0.2) is 72.9 Å². The largest absolute Gasteiger partial charge is 0.392 e. The quantitative estimate of drug-likeness (QED) is 0.858. The fourth-order valence-electron chi connectivity index (χ4n) is 2.41. The summed E-state index contributed by atoms with van der Waals surface area (Å²) in [6.45, 7) is 8.28. The third-order valence-corrected chi connectivity index (χ3v) is 3.46. The zero-order valence-corrected chi connectivity index (χ0v) is 12.9. The predicted octanol–water partition coefficient (Wildman–Crippen LogP) is 0.354. The van der Waals surface area contributed by atoms with Gasteiger partial charge in [-0.1, -0.05) is 0 Å². The summed E-state index contributed by atoms with van der Waals surface area (Å²) in [6.07, 6.45) is -0.267. The molecule has 0 saturated carbocycles. The number of nitrogens with zero attached hydrogens (tertiary/aromatic N) is 5. The minimum absolute atomic E-state index is 0.267. The van der Waals surface area contributed by atoms with E-state index >= 15 is 0 Å². The van der Waals surface area contributed by atoms with Gasteiger partial charge in [0.05, 0.1) is 6.10 Å². The standard InChI is InChI=1S/C14H25N5O/c1-11-9-13(17(3)4)16-14(15-11)19-7-5-18(6-8-19)10-12(2)20/h9,12,20H,5-8,10H2,1-4H3/t12-/m0/s1. The Bertz CT molecular complexity index is 441. The molecular formula is C14H25N5O. The van der Waals surface area contributed by atoms with Crippen LogP contribution < -0.4 is 9.80 Å². The molecule has 1 aliphatic rings. The van der Waals surface area contributed by atoms with Gasteiger partial charge in [-0.05, 0) is 13.8 Å². The Morgan fingerprint density at radius 2 is 1.90 bits per heavy atom. The third kappa shape index (κ3) is 3.80. The van der Waals surface area contributed by atoms with Gasteiger partial charge >= 0.3 is 0 Å². The maximum Gasteiger partial charge on any atom is 0.227 e. The second kappa shape index (κ2) is 6.37. The van der Waals surface area contributed by atoms with Crippen LogP contribution in [0, 0.1) is 6.92 Å². The first-order chi connectivity index (χ1) is 9.45. The Morgan fingerprint density at radius 1 is 1.25 bits per heavy atom. The molecule has 6 nitrogen and oxygen atoms in total. The normalized spacial score (nSPS) is 18.1. The van der Waals surface area contributed by atoms with Crippen molar-refractivity contribution in [3.8, 4) is 0 Å². The van der Waals surface area contributed by atoms with E-state index in [4.69, 9.17) is 0 Å². The molecule has 112 valence electrons. The average molecular weight is 279 g/mol. The van der Waals surface area contributed by atoms with Gasteiger partial charge in [0.25, 0.3) is 0 Å². The van der Waals surface area contributed by atoms with E-state index in [0.717, 1.165) is 50.2 Å². The molecule has 0 bridgehead atoms. The number of aliphatic hydroxyl groups is 1. The van der Waals surface area contributed by atoms with Gasteiger partial charge in [0.1, 0.15) is 5.82 Å². The Morgan fingerprint density at radius 3 is 2.45 bits per heavy atom. The monoisotopic (exact) mass is 279 g/mol. The molecule has 1 saturated heterocycles. The van der Waals surface area contributed by atoms with Crippen molar-refractivity contribution < 1.29 is 5.11 Å². The number of hydrogen-bond acceptors (Lipinski definition) is 6. The highest BCUT2D eigenvalue weighted by Crippen LogP contribution is 2.17. The Balaban J connectivity index is 2.03. The van der Waals surface area contributed by atoms with Crippen LogP contribution in [0.3, 0.4) is 0 Å². The van der Waals surface area contributed by atoms with Gasteiger partial charge in [-0.3, -0.25) is 4.90 Å². The molecule has 1 atom stereocenters. The number of anilines is 2. The lowest BCUT2D eigenvalue weighted by molar-refractivity contribution is 0.122. The zero-order valence-electron chi connectivity index (χ0n) is 12.9. The molecular weight excluding hydrogens is 254 g/mol. The van der Waals surface area contributed by atoms with Crippen LogP contribution in [0.5, 0.6) is 0 Å². The summed E-state index contributed by atoms with van der Waals surface area (Å²) in [5.74, 6) is 1.75. The van der Waals surface area contributed by atoms with E-state index in [1.54, 1.807) is 0 Å². The first-order valence-electron chi connectivity index (χ1n) is 7.14. The van der Waals surface area contributed by atoms with Crippen LogP contribution >= 0.6 is 0 Å². The first kappa shape index (κ1) is 15.0. The maximum absolute atomic E-state index is 9.44. The highest BCUT2D eigenvalue weighted by molar-refractivity contribution is 5.45. The van der Waals surface area contributed by atoms with Gasteiger partial charge in [0.2, 0.25) is 5.95 Å². The van der Waals surface area contributed by atoms with Crippen LogP contribution in [0.2, 0.25) is 0 Å². The SMILES string of the molecule is Cc1cc(N(C)C)nc(N2CCN(C[C@H](C)O)CC2)n1. The zero-order chi connectivity index (χ0) is 14.7. The van der Waals surface area contributed by atoms with Crippen molar-refractivity contribution in [1.29, 1.82) is 0 Å². The Labute approximate surface area is 121 Å². The van der Waals surface area contributed by atoms with Crippen LogP contribution in [0.15, 0.2) is 6.07 Å². The fourth-order valence-corrected chi connectivity index (χ4v) is 2.41. The molecule has 0 amide bonds. The summed E-state index contributed by atoms with van der Waals surface area (Å²) in [5, 5.41) is 9.44. The molecule has 1 fully saturated rings. The molecule has 6 heteroatoms. The van der Waals surface area contributed by atoms with Gasteiger partial charge in [-0.25, -0.2) is 4.98 Å². The van der Waals surface area contributed by atoms with E-state index in [1.807, 2.05) is 38.9 Å². The molecule has 1 aliphatic heterocycles. The van der Waals surface area contributed by atoms with Crippen molar-refractivity contribution >= 4 is 11.8 Å². The van der Waals surface area contributed by atoms with Crippen LogP contribution in [0.25, 0.3) is 0 Å². The molecule has 0 radical (unpaired) electrons. The van der Waals surface area contributed by atoms with Crippen molar-refractivity contribution in [1.82, 2.24) is 14.9 Å². The number of hydrogen-bond donors (Lipinski definition) is 1. The fraction of sp³-hybridized carbons (Fsp3) is 0.714. The van der Waals surface area contributed by atoms with E-state index in [-0.39, 0.29) is 6.10 Å². The van der Waals surface area contributed by atoms with Crippen LogP contribution in [0.1, 0.15) is 12.6 Å². The molecule has 0 unspecified atom stereocenters. The third-order valence-electron chi connectivity index (χ3n) is 3.46. The molecule has 20 heavy (non-hydrogen) atoms. The Hall–Kier alpha value is -1.40. The smallest absolute Gasteiger partial charge is 0.227 e. The number of rotatable bonds is 4. The average Bonchev–Trinajstić information content (AvgIpc) is 2.38. The number of aliphatic hydroxyl groups excluding tert-OH is 1. The number of aromatic nitrogens is 2. The van der Waals surface area contributed by atoms with E-state index in [0.29, 0.717) is 0 Å². The van der Waals surface area contributed by atoms with Gasteiger partial charge in [-0.15, -0.1) is 0 Å². The number of aryl methyl sites for hydroxylation is 1. The van der Waals surface area contributed by atoms with E-state index < -0.39 is 0 Å². The highest BCUT2D eigenvalue weighted by Gasteiger charge is 2.20. The summed E-state index contributed by atoms with van der Waals surface area (Å²) in [5.41, 5.74) is 0.991.